The minimum Gasteiger partial charge on any atom is -0.320 e. The second kappa shape index (κ2) is 3.63. The van der Waals surface area contributed by atoms with Gasteiger partial charge in [0, 0.05) is 6.42 Å². The summed E-state index contributed by atoms with van der Waals surface area (Å²) < 4.78 is 0. The minimum atomic E-state index is -0.540. The van der Waals surface area contributed by atoms with Crippen LogP contribution in [0.4, 0.5) is 0 Å². The normalized spacial score (nSPS) is 23.9. The second-order valence-corrected chi connectivity index (χ2v) is 4.96. The molecular weight excluding hydrogens is 242 g/mol. The molecule has 0 radical (unpaired) electrons. The van der Waals surface area contributed by atoms with Crippen molar-refractivity contribution in [3.05, 3.63) is 16.1 Å². The van der Waals surface area contributed by atoms with Crippen LogP contribution in [0.25, 0.3) is 0 Å². The second-order valence-electron chi connectivity index (χ2n) is 4.02. The van der Waals surface area contributed by atoms with Gasteiger partial charge in [-0.2, -0.15) is 0 Å². The number of nitrogens with zero attached hydrogens (tertiary/aromatic N) is 2. The number of hydrogen-bond acceptors (Lipinski definition) is 5. The Kier molecular flexibility index (Phi) is 2.22. The number of carbonyl (C=O) groups is 3. The van der Waals surface area contributed by atoms with Gasteiger partial charge in [-0.1, -0.05) is 0 Å². The summed E-state index contributed by atoms with van der Waals surface area (Å²) in [6, 6.07) is -0.540. The molecule has 3 rings (SSSR count). The Morgan fingerprint density at radius 1 is 1.41 bits per heavy atom. The largest absolute Gasteiger partial charge is 0.320 e. The third-order valence-electron chi connectivity index (χ3n) is 3.00. The molecule has 1 aromatic rings. The van der Waals surface area contributed by atoms with E-state index in [9.17, 15) is 14.4 Å². The lowest BCUT2D eigenvalue weighted by Crippen LogP contribution is -2.52. The molecule has 1 atom stereocenters. The number of imide groups is 1. The van der Waals surface area contributed by atoms with E-state index >= 15 is 0 Å². The quantitative estimate of drug-likeness (QED) is 0.707. The number of rotatable bonds is 1. The molecule has 6 nitrogen and oxygen atoms in total. The lowest BCUT2D eigenvalue weighted by atomic mass is 10.0. The van der Waals surface area contributed by atoms with Gasteiger partial charge in [0.25, 0.3) is 5.91 Å². The standard InChI is InChI=1S/C10H9N3O3S/c14-7-2-1-5(9(15)12-7)13-3-6-8(10(13)16)11-4-17-6/h4-5H,1-3H2,(H,12,14,15). The van der Waals surface area contributed by atoms with Crippen LogP contribution >= 0.6 is 11.3 Å². The monoisotopic (exact) mass is 251 g/mol. The van der Waals surface area contributed by atoms with Crippen LogP contribution in [-0.2, 0) is 16.1 Å². The van der Waals surface area contributed by atoms with Crippen LogP contribution in [-0.4, -0.2) is 33.6 Å². The van der Waals surface area contributed by atoms with Gasteiger partial charge in [0.2, 0.25) is 11.8 Å². The molecule has 0 aliphatic carbocycles. The van der Waals surface area contributed by atoms with E-state index in [0.29, 0.717) is 18.7 Å². The molecule has 7 heteroatoms. The van der Waals surface area contributed by atoms with Crippen molar-refractivity contribution in [2.45, 2.75) is 25.4 Å². The number of thiazole rings is 1. The fourth-order valence-electron chi connectivity index (χ4n) is 2.15. The van der Waals surface area contributed by atoms with Gasteiger partial charge in [-0.15, -0.1) is 11.3 Å². The summed E-state index contributed by atoms with van der Waals surface area (Å²) in [5.41, 5.74) is 2.07. The van der Waals surface area contributed by atoms with E-state index in [1.54, 1.807) is 5.51 Å². The maximum Gasteiger partial charge on any atom is 0.274 e. The number of amides is 3. The molecule has 0 bridgehead atoms. The van der Waals surface area contributed by atoms with Gasteiger partial charge in [-0.3, -0.25) is 19.7 Å². The summed E-state index contributed by atoms with van der Waals surface area (Å²) in [7, 11) is 0. The molecule has 1 N–H and O–H groups in total. The number of nitrogens with one attached hydrogen (secondary N) is 1. The van der Waals surface area contributed by atoms with Crippen molar-refractivity contribution in [2.24, 2.45) is 0 Å². The molecule has 1 aromatic heterocycles. The van der Waals surface area contributed by atoms with Crippen LogP contribution in [0.1, 0.15) is 28.2 Å². The molecule has 1 unspecified atom stereocenters. The van der Waals surface area contributed by atoms with E-state index in [0.717, 1.165) is 4.88 Å². The highest BCUT2D eigenvalue weighted by Gasteiger charge is 2.40. The van der Waals surface area contributed by atoms with E-state index in [1.807, 2.05) is 0 Å². The zero-order chi connectivity index (χ0) is 12.0. The molecule has 3 heterocycles. The highest BCUT2D eigenvalue weighted by Crippen LogP contribution is 2.28. The Bertz CT molecular complexity index is 525. The Balaban J connectivity index is 1.83. The van der Waals surface area contributed by atoms with Crippen LogP contribution in [0.2, 0.25) is 0 Å². The predicted molar refractivity (Wildman–Crippen MR) is 58.2 cm³/mol. The van der Waals surface area contributed by atoms with Crippen molar-refractivity contribution < 1.29 is 14.4 Å². The van der Waals surface area contributed by atoms with Crippen molar-refractivity contribution in [3.8, 4) is 0 Å². The summed E-state index contributed by atoms with van der Waals surface area (Å²) >= 11 is 1.41. The lowest BCUT2D eigenvalue weighted by Gasteiger charge is -2.29. The average Bonchev–Trinajstić information content (AvgIpc) is 2.83. The summed E-state index contributed by atoms with van der Waals surface area (Å²) in [6.07, 6.45) is 0.673. The Morgan fingerprint density at radius 2 is 2.24 bits per heavy atom. The summed E-state index contributed by atoms with van der Waals surface area (Å²) in [4.78, 5) is 41.1. The number of carbonyl (C=O) groups excluding carboxylic acids is 3. The minimum absolute atomic E-state index is 0.212. The van der Waals surface area contributed by atoms with E-state index in [1.165, 1.54) is 16.2 Å². The van der Waals surface area contributed by atoms with Crippen molar-refractivity contribution in [2.75, 3.05) is 0 Å². The topological polar surface area (TPSA) is 79.4 Å². The first-order valence-corrected chi connectivity index (χ1v) is 6.12. The fourth-order valence-corrected chi connectivity index (χ4v) is 2.90. The predicted octanol–water partition coefficient (Wildman–Crippen LogP) is -0.0959. The summed E-state index contributed by atoms with van der Waals surface area (Å²) in [6.45, 7) is 0.422. The number of aromatic nitrogens is 1. The van der Waals surface area contributed by atoms with E-state index in [-0.39, 0.29) is 24.1 Å². The van der Waals surface area contributed by atoms with Gasteiger partial charge in [-0.25, -0.2) is 4.98 Å². The highest BCUT2D eigenvalue weighted by atomic mass is 32.1. The molecule has 3 amide bonds. The van der Waals surface area contributed by atoms with Crippen molar-refractivity contribution >= 4 is 29.1 Å². The van der Waals surface area contributed by atoms with Crippen LogP contribution in [0, 0.1) is 0 Å². The van der Waals surface area contributed by atoms with Crippen LogP contribution < -0.4 is 5.32 Å². The van der Waals surface area contributed by atoms with Gasteiger partial charge >= 0.3 is 0 Å². The van der Waals surface area contributed by atoms with Crippen LogP contribution in [0.3, 0.4) is 0 Å². The number of piperidine rings is 1. The fraction of sp³-hybridized carbons (Fsp3) is 0.400. The lowest BCUT2D eigenvalue weighted by molar-refractivity contribution is -0.136. The first-order chi connectivity index (χ1) is 8.16. The van der Waals surface area contributed by atoms with Crippen LogP contribution in [0.15, 0.2) is 5.51 Å². The summed E-state index contributed by atoms with van der Waals surface area (Å²) in [5, 5.41) is 2.26. The zero-order valence-electron chi connectivity index (χ0n) is 8.80. The third-order valence-corrected chi connectivity index (χ3v) is 3.82. The third kappa shape index (κ3) is 1.54. The Morgan fingerprint density at radius 3 is 2.94 bits per heavy atom. The van der Waals surface area contributed by atoms with E-state index < -0.39 is 6.04 Å². The molecular formula is C10H9N3O3S. The summed E-state index contributed by atoms with van der Waals surface area (Å²) in [5.74, 6) is -0.869. The first kappa shape index (κ1) is 10.4. The maximum atomic E-state index is 12.0. The molecule has 0 aromatic carbocycles. The number of fused-ring (bicyclic) bond motifs is 1. The molecule has 88 valence electrons. The Labute approximate surface area is 101 Å². The molecule has 17 heavy (non-hydrogen) atoms. The number of hydrogen-bond donors (Lipinski definition) is 1. The smallest absolute Gasteiger partial charge is 0.274 e. The maximum absolute atomic E-state index is 12.0. The van der Waals surface area contributed by atoms with Gasteiger partial charge in [0.05, 0.1) is 16.9 Å². The van der Waals surface area contributed by atoms with Gasteiger partial charge < -0.3 is 4.90 Å². The molecule has 2 aliphatic heterocycles. The Hall–Kier alpha value is -1.76. The van der Waals surface area contributed by atoms with E-state index in [4.69, 9.17) is 0 Å². The van der Waals surface area contributed by atoms with Gasteiger partial charge in [0.1, 0.15) is 11.7 Å². The molecule has 1 saturated heterocycles. The average molecular weight is 251 g/mol. The van der Waals surface area contributed by atoms with Crippen molar-refractivity contribution in [3.63, 3.8) is 0 Å². The van der Waals surface area contributed by atoms with Gasteiger partial charge in [0.15, 0.2) is 0 Å². The van der Waals surface area contributed by atoms with Crippen LogP contribution in [0.5, 0.6) is 0 Å². The zero-order valence-corrected chi connectivity index (χ0v) is 9.62. The van der Waals surface area contributed by atoms with E-state index in [2.05, 4.69) is 10.3 Å². The molecule has 1 fully saturated rings. The highest BCUT2D eigenvalue weighted by molar-refractivity contribution is 7.10. The molecule has 2 aliphatic rings. The van der Waals surface area contributed by atoms with Crippen molar-refractivity contribution in [1.82, 2.24) is 15.2 Å². The SMILES string of the molecule is O=C1CCC(N2Cc3scnc3C2=O)C(=O)N1. The van der Waals surface area contributed by atoms with Gasteiger partial charge in [-0.05, 0) is 6.42 Å². The van der Waals surface area contributed by atoms with Crippen molar-refractivity contribution in [1.29, 1.82) is 0 Å². The molecule has 0 spiro atoms. The first-order valence-electron chi connectivity index (χ1n) is 5.24. The molecule has 0 saturated carbocycles.